The minimum absolute atomic E-state index is 0.130. The van der Waals surface area contributed by atoms with Gasteiger partial charge in [-0.2, -0.15) is 0 Å². The lowest BCUT2D eigenvalue weighted by Crippen LogP contribution is -2.18. The molecule has 1 aromatic rings. The number of rotatable bonds is 4. The number of benzene rings is 1. The zero-order valence-electron chi connectivity index (χ0n) is 8.56. The summed E-state index contributed by atoms with van der Waals surface area (Å²) in [5.41, 5.74) is 0.497. The smallest absolute Gasteiger partial charge is 0.129 e. The van der Waals surface area contributed by atoms with Crippen LogP contribution in [0.1, 0.15) is 24.4 Å². The summed E-state index contributed by atoms with van der Waals surface area (Å²) in [5.74, 6) is 2.24. The Morgan fingerprint density at radius 1 is 1.60 bits per heavy atom. The zero-order chi connectivity index (χ0) is 11.3. The zero-order valence-corrected chi connectivity index (χ0v) is 9.31. The normalized spacial score (nSPS) is 12.1. The molecule has 80 valence electrons. The largest absolute Gasteiger partial charge is 0.313 e. The van der Waals surface area contributed by atoms with Gasteiger partial charge < -0.3 is 5.32 Å². The van der Waals surface area contributed by atoms with E-state index in [0.29, 0.717) is 23.4 Å². The van der Waals surface area contributed by atoms with Crippen molar-refractivity contribution in [1.29, 1.82) is 0 Å². The summed E-state index contributed by atoms with van der Waals surface area (Å²) in [6, 6.07) is 4.55. The third kappa shape index (κ3) is 2.95. The SMILES string of the molecule is C#CCCC(NC)c1c(F)cccc1Cl. The van der Waals surface area contributed by atoms with Crippen LogP contribution in [0.25, 0.3) is 0 Å². The van der Waals surface area contributed by atoms with Crippen LogP contribution < -0.4 is 5.32 Å². The van der Waals surface area contributed by atoms with Crippen molar-refractivity contribution >= 4 is 11.6 Å². The Balaban J connectivity index is 2.96. The van der Waals surface area contributed by atoms with E-state index in [-0.39, 0.29) is 11.9 Å². The van der Waals surface area contributed by atoms with E-state index in [2.05, 4.69) is 11.2 Å². The molecule has 0 heterocycles. The average molecular weight is 226 g/mol. The number of terminal acetylenes is 1. The predicted molar refractivity (Wildman–Crippen MR) is 61.3 cm³/mol. The van der Waals surface area contributed by atoms with E-state index in [1.807, 2.05) is 0 Å². The highest BCUT2D eigenvalue weighted by Crippen LogP contribution is 2.28. The molecule has 15 heavy (non-hydrogen) atoms. The van der Waals surface area contributed by atoms with Crippen molar-refractivity contribution in [3.63, 3.8) is 0 Å². The second-order valence-corrected chi connectivity index (χ2v) is 3.63. The highest BCUT2D eigenvalue weighted by atomic mass is 35.5. The summed E-state index contributed by atoms with van der Waals surface area (Å²) in [5, 5.41) is 3.45. The third-order valence-electron chi connectivity index (χ3n) is 2.27. The average Bonchev–Trinajstić information content (AvgIpc) is 2.22. The van der Waals surface area contributed by atoms with Gasteiger partial charge in [0.15, 0.2) is 0 Å². The van der Waals surface area contributed by atoms with E-state index in [1.165, 1.54) is 6.07 Å². The topological polar surface area (TPSA) is 12.0 Å². The summed E-state index contributed by atoms with van der Waals surface area (Å²) in [6.07, 6.45) is 6.45. The minimum atomic E-state index is -0.293. The molecule has 0 saturated carbocycles. The lowest BCUT2D eigenvalue weighted by Gasteiger charge is -2.17. The van der Waals surface area contributed by atoms with Crippen LogP contribution in [0.15, 0.2) is 18.2 Å². The van der Waals surface area contributed by atoms with Gasteiger partial charge in [-0.25, -0.2) is 4.39 Å². The molecule has 1 atom stereocenters. The van der Waals surface area contributed by atoms with E-state index < -0.39 is 0 Å². The fourth-order valence-corrected chi connectivity index (χ4v) is 1.80. The van der Waals surface area contributed by atoms with Gasteiger partial charge in [-0.1, -0.05) is 17.7 Å². The van der Waals surface area contributed by atoms with Gasteiger partial charge in [-0.15, -0.1) is 12.3 Å². The lowest BCUT2D eigenvalue weighted by molar-refractivity contribution is 0.514. The van der Waals surface area contributed by atoms with Crippen molar-refractivity contribution in [2.75, 3.05) is 7.05 Å². The van der Waals surface area contributed by atoms with Crippen LogP contribution in [0.4, 0.5) is 4.39 Å². The van der Waals surface area contributed by atoms with Crippen molar-refractivity contribution in [1.82, 2.24) is 5.32 Å². The van der Waals surface area contributed by atoms with Crippen LogP contribution in [0.2, 0.25) is 5.02 Å². The number of hydrogen-bond acceptors (Lipinski definition) is 1. The molecule has 0 bridgehead atoms. The summed E-state index contributed by atoms with van der Waals surface area (Å²) in [6.45, 7) is 0. The van der Waals surface area contributed by atoms with Crippen molar-refractivity contribution < 1.29 is 4.39 Å². The quantitative estimate of drug-likeness (QED) is 0.777. The van der Waals surface area contributed by atoms with Crippen molar-refractivity contribution in [3.8, 4) is 12.3 Å². The number of hydrogen-bond donors (Lipinski definition) is 1. The van der Waals surface area contributed by atoms with Gasteiger partial charge >= 0.3 is 0 Å². The first kappa shape index (κ1) is 12.0. The molecule has 1 nitrogen and oxygen atoms in total. The maximum atomic E-state index is 13.5. The first-order valence-electron chi connectivity index (χ1n) is 4.75. The molecule has 0 radical (unpaired) electrons. The molecular formula is C12H13ClFN. The molecule has 1 rings (SSSR count). The van der Waals surface area contributed by atoms with Crippen LogP contribution in [-0.4, -0.2) is 7.05 Å². The van der Waals surface area contributed by atoms with Gasteiger partial charge in [0.05, 0.1) is 0 Å². The second kappa shape index (κ2) is 5.75. The fraction of sp³-hybridized carbons (Fsp3) is 0.333. The Hall–Kier alpha value is -1.04. The molecule has 0 fully saturated rings. The summed E-state index contributed by atoms with van der Waals surface area (Å²) >= 11 is 5.95. The standard InChI is InChI=1S/C12H13ClFN/c1-3-4-8-11(15-2)12-9(13)6-5-7-10(12)14/h1,5-7,11,15H,4,8H2,2H3. The monoisotopic (exact) mass is 225 g/mol. The van der Waals surface area contributed by atoms with Gasteiger partial charge in [0.25, 0.3) is 0 Å². The molecule has 1 aromatic carbocycles. The van der Waals surface area contributed by atoms with E-state index >= 15 is 0 Å². The first-order chi connectivity index (χ1) is 7.20. The van der Waals surface area contributed by atoms with E-state index in [0.717, 1.165) is 0 Å². The van der Waals surface area contributed by atoms with E-state index in [4.69, 9.17) is 18.0 Å². The van der Waals surface area contributed by atoms with Gasteiger partial charge in [-0.3, -0.25) is 0 Å². The molecule has 0 amide bonds. The number of nitrogens with one attached hydrogen (secondary N) is 1. The Morgan fingerprint density at radius 2 is 2.33 bits per heavy atom. The van der Waals surface area contributed by atoms with Crippen LogP contribution in [0.5, 0.6) is 0 Å². The van der Waals surface area contributed by atoms with Crippen LogP contribution in [0, 0.1) is 18.2 Å². The first-order valence-corrected chi connectivity index (χ1v) is 5.13. The van der Waals surface area contributed by atoms with Gasteiger partial charge in [0.2, 0.25) is 0 Å². The maximum Gasteiger partial charge on any atom is 0.129 e. The van der Waals surface area contributed by atoms with Crippen molar-refractivity contribution in [3.05, 3.63) is 34.6 Å². The van der Waals surface area contributed by atoms with E-state index in [1.54, 1.807) is 19.2 Å². The third-order valence-corrected chi connectivity index (χ3v) is 2.60. The maximum absolute atomic E-state index is 13.5. The Morgan fingerprint density at radius 3 is 2.87 bits per heavy atom. The highest BCUT2D eigenvalue weighted by molar-refractivity contribution is 6.31. The van der Waals surface area contributed by atoms with Crippen LogP contribution >= 0.6 is 11.6 Å². The molecular weight excluding hydrogens is 213 g/mol. The van der Waals surface area contributed by atoms with Crippen molar-refractivity contribution in [2.24, 2.45) is 0 Å². The Bertz CT molecular complexity index is 350. The summed E-state index contributed by atoms with van der Waals surface area (Å²) in [4.78, 5) is 0. The molecule has 0 aliphatic carbocycles. The molecule has 0 aromatic heterocycles. The van der Waals surface area contributed by atoms with Crippen LogP contribution in [0.3, 0.4) is 0 Å². The van der Waals surface area contributed by atoms with Gasteiger partial charge in [0.1, 0.15) is 5.82 Å². The van der Waals surface area contributed by atoms with Crippen LogP contribution in [-0.2, 0) is 0 Å². The highest BCUT2D eigenvalue weighted by Gasteiger charge is 2.16. The summed E-state index contributed by atoms with van der Waals surface area (Å²) in [7, 11) is 1.77. The molecule has 1 unspecified atom stereocenters. The Labute approximate surface area is 94.6 Å². The number of halogens is 2. The fourth-order valence-electron chi connectivity index (χ4n) is 1.50. The van der Waals surface area contributed by atoms with E-state index in [9.17, 15) is 4.39 Å². The molecule has 1 N–H and O–H groups in total. The van der Waals surface area contributed by atoms with Gasteiger partial charge in [0, 0.05) is 23.0 Å². The molecule has 3 heteroatoms. The lowest BCUT2D eigenvalue weighted by atomic mass is 10.0. The summed E-state index contributed by atoms with van der Waals surface area (Å²) < 4.78 is 13.5. The minimum Gasteiger partial charge on any atom is -0.313 e. The molecule has 0 spiro atoms. The Kier molecular flexibility index (Phi) is 4.61. The molecule has 0 aliphatic heterocycles. The molecule has 0 aliphatic rings. The van der Waals surface area contributed by atoms with Crippen molar-refractivity contribution in [2.45, 2.75) is 18.9 Å². The van der Waals surface area contributed by atoms with Gasteiger partial charge in [-0.05, 0) is 25.6 Å². The predicted octanol–water partition coefficient (Wildman–Crippen LogP) is 3.15. The molecule has 0 saturated heterocycles. The second-order valence-electron chi connectivity index (χ2n) is 3.22.